The lowest BCUT2D eigenvalue weighted by Crippen LogP contribution is -2.51. The van der Waals surface area contributed by atoms with Gasteiger partial charge in [-0.15, -0.1) is 0 Å². The molecular formula is C31H43N3O3. The predicted molar refractivity (Wildman–Crippen MR) is 146 cm³/mol. The van der Waals surface area contributed by atoms with Gasteiger partial charge in [0.1, 0.15) is 5.75 Å². The van der Waals surface area contributed by atoms with Gasteiger partial charge in [0.15, 0.2) is 0 Å². The molecule has 2 N–H and O–H groups in total. The van der Waals surface area contributed by atoms with E-state index in [0.29, 0.717) is 25.1 Å². The van der Waals surface area contributed by atoms with Crippen LogP contribution in [-0.2, 0) is 11.3 Å². The van der Waals surface area contributed by atoms with Gasteiger partial charge in [-0.25, -0.2) is 0 Å². The lowest BCUT2D eigenvalue weighted by Gasteiger charge is -2.39. The average molecular weight is 506 g/mol. The molecule has 5 atom stereocenters. The minimum atomic E-state index is -0.388. The number of aliphatic hydroxyl groups excluding tert-OH is 1. The van der Waals surface area contributed by atoms with Crippen molar-refractivity contribution in [2.45, 2.75) is 82.6 Å². The molecule has 5 rings (SSSR count). The van der Waals surface area contributed by atoms with Crippen LogP contribution in [0.25, 0.3) is 0 Å². The number of hydrogen-bond acceptors (Lipinski definition) is 5. The Morgan fingerprint density at radius 1 is 1.08 bits per heavy atom. The van der Waals surface area contributed by atoms with Crippen LogP contribution in [0.3, 0.4) is 0 Å². The zero-order chi connectivity index (χ0) is 25.8. The molecule has 2 aromatic rings. The molecule has 2 saturated heterocycles. The largest absolute Gasteiger partial charge is 0.494 e. The number of nitrogens with zero attached hydrogens (tertiary/aromatic N) is 2. The molecule has 1 amide bonds. The Morgan fingerprint density at radius 2 is 1.86 bits per heavy atom. The predicted octanol–water partition coefficient (Wildman–Crippen LogP) is 4.53. The summed E-state index contributed by atoms with van der Waals surface area (Å²) in [5.41, 5.74) is 2.41. The number of amides is 1. The van der Waals surface area contributed by atoms with Crippen LogP contribution in [0.15, 0.2) is 54.6 Å². The van der Waals surface area contributed by atoms with Crippen molar-refractivity contribution in [2.24, 2.45) is 5.41 Å². The minimum Gasteiger partial charge on any atom is -0.494 e. The molecule has 200 valence electrons. The van der Waals surface area contributed by atoms with Crippen molar-refractivity contribution in [1.82, 2.24) is 15.1 Å². The summed E-state index contributed by atoms with van der Waals surface area (Å²) >= 11 is 0. The van der Waals surface area contributed by atoms with Gasteiger partial charge >= 0.3 is 0 Å². The van der Waals surface area contributed by atoms with Crippen molar-refractivity contribution >= 4 is 5.91 Å². The topological polar surface area (TPSA) is 65.0 Å². The third-order valence-corrected chi connectivity index (χ3v) is 9.12. The van der Waals surface area contributed by atoms with E-state index in [2.05, 4.69) is 66.7 Å². The summed E-state index contributed by atoms with van der Waals surface area (Å²) in [7, 11) is 2.24. The molecule has 2 aliphatic heterocycles. The smallest absolute Gasteiger partial charge is 0.222 e. The number of rotatable bonds is 9. The van der Waals surface area contributed by atoms with Gasteiger partial charge in [0.25, 0.3) is 0 Å². The lowest BCUT2D eigenvalue weighted by molar-refractivity contribution is -0.127. The maximum Gasteiger partial charge on any atom is 0.222 e. The summed E-state index contributed by atoms with van der Waals surface area (Å²) in [4.78, 5) is 16.2. The Morgan fingerprint density at radius 3 is 2.59 bits per heavy atom. The molecule has 6 heteroatoms. The van der Waals surface area contributed by atoms with E-state index in [0.717, 1.165) is 63.9 Å². The van der Waals surface area contributed by atoms with E-state index in [9.17, 15) is 9.90 Å². The molecule has 6 nitrogen and oxygen atoms in total. The number of benzene rings is 2. The zero-order valence-electron chi connectivity index (χ0n) is 22.4. The first-order chi connectivity index (χ1) is 18.0. The number of fused-ring (bicyclic) bond motifs is 1. The standard InChI is InChI=1S/C31H43N3O3/c1-31-21-27(24-9-4-3-5-10-24)33(2)28(31)12-6-11-26(30(31)36)32-22-23-14-16-25(17-15-23)37-20-8-19-34-18-7-13-29(34)35/h3-5,9-10,14-17,26-28,30,32,36H,6-8,11-13,18-22H2,1-2H3/t26-,27-,28-,30+,31-/m1/s1. The van der Waals surface area contributed by atoms with Crippen molar-refractivity contribution in [1.29, 1.82) is 0 Å². The molecule has 2 aromatic carbocycles. The normalized spacial score (nSPS) is 30.4. The Kier molecular flexibility index (Phi) is 8.18. The van der Waals surface area contributed by atoms with E-state index in [-0.39, 0.29) is 23.5 Å². The maximum absolute atomic E-state index is 11.7. The fourth-order valence-electron chi connectivity index (χ4n) is 6.96. The molecule has 3 aliphatic rings. The van der Waals surface area contributed by atoms with Crippen LogP contribution in [0.2, 0.25) is 0 Å². The minimum absolute atomic E-state index is 0.0853. The molecule has 0 spiro atoms. The van der Waals surface area contributed by atoms with Crippen molar-refractivity contribution in [2.75, 3.05) is 26.7 Å². The third kappa shape index (κ3) is 5.71. The van der Waals surface area contributed by atoms with Crippen LogP contribution in [-0.4, -0.2) is 65.7 Å². The average Bonchev–Trinajstić information content (AvgIpc) is 3.41. The summed E-state index contributed by atoms with van der Waals surface area (Å²) in [6.45, 7) is 5.33. The highest BCUT2D eigenvalue weighted by Gasteiger charge is 2.54. The van der Waals surface area contributed by atoms with E-state index in [1.54, 1.807) is 0 Å². The van der Waals surface area contributed by atoms with Gasteiger partial charge in [0, 0.05) is 49.6 Å². The summed E-state index contributed by atoms with van der Waals surface area (Å²) in [6, 6.07) is 19.8. The van der Waals surface area contributed by atoms with Crippen molar-refractivity contribution in [3.63, 3.8) is 0 Å². The summed E-state index contributed by atoms with van der Waals surface area (Å²) in [5.74, 6) is 1.14. The Hall–Kier alpha value is -2.41. The summed E-state index contributed by atoms with van der Waals surface area (Å²) < 4.78 is 5.90. The number of likely N-dealkylation sites (tertiary alicyclic amines) is 2. The highest BCUT2D eigenvalue weighted by molar-refractivity contribution is 5.77. The number of carbonyl (C=O) groups is 1. The van der Waals surface area contributed by atoms with Gasteiger partial charge in [-0.05, 0) is 62.4 Å². The van der Waals surface area contributed by atoms with Gasteiger partial charge < -0.3 is 20.1 Å². The Bertz CT molecular complexity index is 1030. The first kappa shape index (κ1) is 26.2. The summed E-state index contributed by atoms with van der Waals surface area (Å²) in [5, 5.41) is 15.4. The highest BCUT2D eigenvalue weighted by Crippen LogP contribution is 2.52. The number of ether oxygens (including phenoxy) is 1. The molecule has 1 aliphatic carbocycles. The summed E-state index contributed by atoms with van der Waals surface area (Å²) in [6.07, 6.45) is 6.38. The number of carbonyl (C=O) groups excluding carboxylic acids is 1. The van der Waals surface area contributed by atoms with Crippen molar-refractivity contribution in [3.05, 3.63) is 65.7 Å². The third-order valence-electron chi connectivity index (χ3n) is 9.12. The van der Waals surface area contributed by atoms with E-state index >= 15 is 0 Å². The fourth-order valence-corrected chi connectivity index (χ4v) is 6.96. The van der Waals surface area contributed by atoms with E-state index in [4.69, 9.17) is 4.74 Å². The first-order valence-electron chi connectivity index (χ1n) is 14.1. The molecule has 2 heterocycles. The zero-order valence-corrected chi connectivity index (χ0v) is 22.4. The molecule has 0 bridgehead atoms. The van der Waals surface area contributed by atoms with Crippen LogP contribution in [0.5, 0.6) is 5.75 Å². The first-order valence-corrected chi connectivity index (χ1v) is 14.1. The van der Waals surface area contributed by atoms with Gasteiger partial charge in [0.2, 0.25) is 5.91 Å². The molecule has 0 aromatic heterocycles. The highest BCUT2D eigenvalue weighted by atomic mass is 16.5. The van der Waals surface area contributed by atoms with E-state index in [1.165, 1.54) is 11.1 Å². The fraction of sp³-hybridized carbons (Fsp3) is 0.581. The number of nitrogens with one attached hydrogen (secondary N) is 1. The van der Waals surface area contributed by atoms with Gasteiger partial charge in [-0.1, -0.05) is 55.8 Å². The quantitative estimate of drug-likeness (QED) is 0.490. The second-order valence-electron chi connectivity index (χ2n) is 11.5. The van der Waals surface area contributed by atoms with Crippen molar-refractivity contribution < 1.29 is 14.6 Å². The van der Waals surface area contributed by atoms with Crippen LogP contribution in [0, 0.1) is 5.41 Å². The van der Waals surface area contributed by atoms with Crippen molar-refractivity contribution in [3.8, 4) is 5.75 Å². The molecular weight excluding hydrogens is 462 g/mol. The van der Waals surface area contributed by atoms with Crippen LogP contribution >= 0.6 is 0 Å². The Balaban J connectivity index is 1.13. The van der Waals surface area contributed by atoms with Crippen LogP contribution in [0.1, 0.15) is 69.0 Å². The van der Waals surface area contributed by atoms with Crippen LogP contribution in [0.4, 0.5) is 0 Å². The SMILES string of the molecule is CN1[C@@H](c2ccccc2)C[C@@]2(C)[C@@H](O)[C@H](NCc3ccc(OCCCN4CCCC4=O)cc3)CCC[C@@H]12. The lowest BCUT2D eigenvalue weighted by atomic mass is 9.74. The van der Waals surface area contributed by atoms with Gasteiger partial charge in [-0.2, -0.15) is 0 Å². The molecule has 1 saturated carbocycles. The van der Waals surface area contributed by atoms with E-state index < -0.39 is 0 Å². The van der Waals surface area contributed by atoms with Gasteiger partial charge in [-0.3, -0.25) is 9.69 Å². The van der Waals surface area contributed by atoms with Gasteiger partial charge in [0.05, 0.1) is 12.7 Å². The molecule has 37 heavy (non-hydrogen) atoms. The Labute approximate surface area is 222 Å². The van der Waals surface area contributed by atoms with E-state index in [1.807, 2.05) is 17.0 Å². The molecule has 0 unspecified atom stereocenters. The molecule has 3 fully saturated rings. The second-order valence-corrected chi connectivity index (χ2v) is 11.5. The second kappa shape index (κ2) is 11.5. The van der Waals surface area contributed by atoms with Crippen LogP contribution < -0.4 is 10.1 Å². The maximum atomic E-state index is 11.7. The number of hydrogen-bond donors (Lipinski definition) is 2. The number of aliphatic hydroxyl groups is 1. The molecule has 0 radical (unpaired) electrons. The monoisotopic (exact) mass is 505 g/mol.